The first-order valence-corrected chi connectivity index (χ1v) is 10.4. The van der Waals surface area contributed by atoms with Gasteiger partial charge in [0.25, 0.3) is 5.91 Å². The quantitative estimate of drug-likeness (QED) is 0.568. The number of ether oxygens (including phenoxy) is 2. The molecule has 0 aromatic heterocycles. The van der Waals surface area contributed by atoms with Crippen molar-refractivity contribution in [2.75, 3.05) is 20.8 Å². The van der Waals surface area contributed by atoms with Crippen LogP contribution in [0.5, 0.6) is 11.5 Å². The van der Waals surface area contributed by atoms with Crippen molar-refractivity contribution in [3.8, 4) is 11.5 Å². The molecule has 1 unspecified atom stereocenters. The van der Waals surface area contributed by atoms with E-state index in [2.05, 4.69) is 16.0 Å². The van der Waals surface area contributed by atoms with Crippen LogP contribution in [0, 0.1) is 5.92 Å². The Hall–Kier alpha value is -2.77. The lowest BCUT2D eigenvalue weighted by Gasteiger charge is -2.24. The van der Waals surface area contributed by atoms with Crippen LogP contribution in [0.4, 0.5) is 0 Å². The van der Waals surface area contributed by atoms with Crippen LogP contribution in [0.1, 0.15) is 56.3 Å². The van der Waals surface area contributed by atoms with Gasteiger partial charge in [-0.3, -0.25) is 14.4 Å². The first-order valence-electron chi connectivity index (χ1n) is 10.4. The largest absolute Gasteiger partial charge is 0.497 e. The third kappa shape index (κ3) is 6.93. The average Bonchev–Trinajstić information content (AvgIpc) is 2.75. The zero-order valence-electron chi connectivity index (χ0n) is 18.2. The molecule has 2 rings (SSSR count). The molecule has 1 atom stereocenters. The highest BCUT2D eigenvalue weighted by molar-refractivity contribution is 5.98. The van der Waals surface area contributed by atoms with Gasteiger partial charge in [-0.05, 0) is 30.9 Å². The van der Waals surface area contributed by atoms with Gasteiger partial charge in [0, 0.05) is 17.7 Å². The molecule has 1 aliphatic carbocycles. The highest BCUT2D eigenvalue weighted by atomic mass is 16.5. The predicted octanol–water partition coefficient (Wildman–Crippen LogP) is 2.02. The Bertz CT molecular complexity index is 722. The van der Waals surface area contributed by atoms with Crippen LogP contribution in [0.2, 0.25) is 0 Å². The SMILES string of the molecule is COc1cc(OC)cc(C(=O)NC(C(=O)NCC(=O)NC2CCCCC2)C(C)C)c1. The second kappa shape index (κ2) is 11.4. The van der Waals surface area contributed by atoms with Crippen LogP contribution in [0.15, 0.2) is 18.2 Å². The van der Waals surface area contributed by atoms with Crippen molar-refractivity contribution in [3.05, 3.63) is 23.8 Å². The first-order chi connectivity index (χ1) is 14.3. The Kier molecular flexibility index (Phi) is 8.95. The molecule has 3 amide bonds. The molecular formula is C22H33N3O5. The molecule has 0 radical (unpaired) electrons. The van der Waals surface area contributed by atoms with Crippen LogP contribution in [-0.4, -0.2) is 50.6 Å². The smallest absolute Gasteiger partial charge is 0.252 e. The normalized spacial score (nSPS) is 15.2. The van der Waals surface area contributed by atoms with Gasteiger partial charge >= 0.3 is 0 Å². The van der Waals surface area contributed by atoms with Crippen molar-refractivity contribution >= 4 is 17.7 Å². The molecule has 0 heterocycles. The molecule has 1 saturated carbocycles. The molecule has 0 spiro atoms. The second-order valence-electron chi connectivity index (χ2n) is 7.92. The third-order valence-corrected chi connectivity index (χ3v) is 5.24. The highest BCUT2D eigenvalue weighted by Gasteiger charge is 2.26. The summed E-state index contributed by atoms with van der Waals surface area (Å²) in [6.07, 6.45) is 5.41. The standard InChI is InChI=1S/C22H33N3O5/c1-14(2)20(22(28)23-13-19(26)24-16-8-6-5-7-9-16)25-21(27)15-10-17(29-3)12-18(11-15)30-4/h10-12,14,16,20H,5-9,13H2,1-4H3,(H,23,28)(H,24,26)(H,25,27). The summed E-state index contributed by atoms with van der Waals surface area (Å²) in [4.78, 5) is 37.5. The molecule has 0 bridgehead atoms. The van der Waals surface area contributed by atoms with Gasteiger partial charge in [0.05, 0.1) is 20.8 Å². The van der Waals surface area contributed by atoms with E-state index in [-0.39, 0.29) is 24.4 Å². The fourth-order valence-corrected chi connectivity index (χ4v) is 3.50. The van der Waals surface area contributed by atoms with E-state index < -0.39 is 17.9 Å². The van der Waals surface area contributed by atoms with E-state index in [1.54, 1.807) is 18.2 Å². The van der Waals surface area contributed by atoms with Crippen molar-refractivity contribution in [2.24, 2.45) is 5.92 Å². The fraction of sp³-hybridized carbons (Fsp3) is 0.591. The molecule has 30 heavy (non-hydrogen) atoms. The molecule has 0 aliphatic heterocycles. The molecule has 1 fully saturated rings. The van der Waals surface area contributed by atoms with E-state index in [1.807, 2.05) is 13.8 Å². The van der Waals surface area contributed by atoms with Crippen molar-refractivity contribution in [2.45, 2.75) is 58.0 Å². The molecule has 8 heteroatoms. The number of rotatable bonds is 9. The molecule has 0 saturated heterocycles. The monoisotopic (exact) mass is 419 g/mol. The maximum Gasteiger partial charge on any atom is 0.252 e. The third-order valence-electron chi connectivity index (χ3n) is 5.24. The van der Waals surface area contributed by atoms with Gasteiger partial charge in [0.1, 0.15) is 17.5 Å². The minimum atomic E-state index is -0.780. The number of nitrogens with one attached hydrogen (secondary N) is 3. The Labute approximate surface area is 178 Å². The van der Waals surface area contributed by atoms with Crippen molar-refractivity contribution in [1.82, 2.24) is 16.0 Å². The summed E-state index contributed by atoms with van der Waals surface area (Å²) in [5.74, 6) is -0.238. The summed E-state index contributed by atoms with van der Waals surface area (Å²) in [6, 6.07) is 4.22. The van der Waals surface area contributed by atoms with E-state index >= 15 is 0 Å². The number of carbonyl (C=O) groups is 3. The molecule has 166 valence electrons. The highest BCUT2D eigenvalue weighted by Crippen LogP contribution is 2.22. The van der Waals surface area contributed by atoms with E-state index in [4.69, 9.17) is 9.47 Å². The van der Waals surface area contributed by atoms with Crippen LogP contribution in [-0.2, 0) is 9.59 Å². The fourth-order valence-electron chi connectivity index (χ4n) is 3.50. The maximum absolute atomic E-state index is 12.7. The van der Waals surface area contributed by atoms with Gasteiger partial charge in [-0.15, -0.1) is 0 Å². The van der Waals surface area contributed by atoms with Gasteiger partial charge in [0.15, 0.2) is 0 Å². The Morgan fingerprint density at radius 2 is 1.60 bits per heavy atom. The van der Waals surface area contributed by atoms with Crippen molar-refractivity contribution in [1.29, 1.82) is 0 Å². The Morgan fingerprint density at radius 3 is 2.13 bits per heavy atom. The van der Waals surface area contributed by atoms with Crippen molar-refractivity contribution < 1.29 is 23.9 Å². The molecule has 8 nitrogen and oxygen atoms in total. The molecule has 3 N–H and O–H groups in total. The first kappa shape index (κ1) is 23.5. The predicted molar refractivity (Wildman–Crippen MR) is 114 cm³/mol. The van der Waals surface area contributed by atoms with E-state index in [1.165, 1.54) is 20.6 Å². The summed E-state index contributed by atoms with van der Waals surface area (Å²) in [7, 11) is 3.00. The molecule has 1 aromatic carbocycles. The lowest BCUT2D eigenvalue weighted by atomic mass is 9.95. The zero-order chi connectivity index (χ0) is 22.1. The van der Waals surface area contributed by atoms with Crippen molar-refractivity contribution in [3.63, 3.8) is 0 Å². The van der Waals surface area contributed by atoms with Crippen LogP contribution in [0.3, 0.4) is 0 Å². The van der Waals surface area contributed by atoms with Gasteiger partial charge < -0.3 is 25.4 Å². The number of methoxy groups -OCH3 is 2. The number of hydrogen-bond donors (Lipinski definition) is 3. The van der Waals surface area contributed by atoms with Gasteiger partial charge in [-0.1, -0.05) is 33.1 Å². The number of benzene rings is 1. The van der Waals surface area contributed by atoms with Gasteiger partial charge in [-0.2, -0.15) is 0 Å². The number of hydrogen-bond acceptors (Lipinski definition) is 5. The van der Waals surface area contributed by atoms with Gasteiger partial charge in [-0.25, -0.2) is 0 Å². The Morgan fingerprint density at radius 1 is 1.00 bits per heavy atom. The molecular weight excluding hydrogens is 386 g/mol. The molecule has 1 aliphatic rings. The van der Waals surface area contributed by atoms with Crippen LogP contribution in [0.25, 0.3) is 0 Å². The Balaban J connectivity index is 1.95. The van der Waals surface area contributed by atoms with E-state index in [0.717, 1.165) is 25.7 Å². The lowest BCUT2D eigenvalue weighted by molar-refractivity contribution is -0.128. The number of amides is 3. The second-order valence-corrected chi connectivity index (χ2v) is 7.92. The lowest BCUT2D eigenvalue weighted by Crippen LogP contribution is -2.52. The van der Waals surface area contributed by atoms with Crippen LogP contribution < -0.4 is 25.4 Å². The molecule has 1 aromatic rings. The average molecular weight is 420 g/mol. The van der Waals surface area contributed by atoms with E-state index in [0.29, 0.717) is 17.1 Å². The zero-order valence-corrected chi connectivity index (χ0v) is 18.2. The summed E-state index contributed by atoms with van der Waals surface area (Å²) < 4.78 is 10.4. The number of carbonyl (C=O) groups excluding carboxylic acids is 3. The van der Waals surface area contributed by atoms with E-state index in [9.17, 15) is 14.4 Å². The maximum atomic E-state index is 12.7. The van der Waals surface area contributed by atoms with Gasteiger partial charge in [0.2, 0.25) is 11.8 Å². The minimum Gasteiger partial charge on any atom is -0.497 e. The minimum absolute atomic E-state index is 0.110. The summed E-state index contributed by atoms with van der Waals surface area (Å²) >= 11 is 0. The summed E-state index contributed by atoms with van der Waals surface area (Å²) in [5.41, 5.74) is 0.319. The topological polar surface area (TPSA) is 106 Å². The summed E-state index contributed by atoms with van der Waals surface area (Å²) in [6.45, 7) is 3.55. The summed E-state index contributed by atoms with van der Waals surface area (Å²) in [5, 5.41) is 8.35. The van der Waals surface area contributed by atoms with Crippen LogP contribution >= 0.6 is 0 Å².